The van der Waals surface area contributed by atoms with E-state index in [0.29, 0.717) is 30.6 Å². The molecule has 3 rings (SSSR count). The number of hydrogen-bond acceptors (Lipinski definition) is 7. The van der Waals surface area contributed by atoms with Gasteiger partial charge >= 0.3 is 18.0 Å². The number of allylic oxidation sites excluding steroid dienone is 2. The summed E-state index contributed by atoms with van der Waals surface area (Å²) in [6, 6.07) is 13.7. The monoisotopic (exact) mass is 549 g/mol. The van der Waals surface area contributed by atoms with Crippen molar-refractivity contribution in [2.45, 2.75) is 71.0 Å². The van der Waals surface area contributed by atoms with Gasteiger partial charge in [0, 0.05) is 19.0 Å². The number of phenolic OH excluding ortho intramolecular Hbond substituents is 1. The molecule has 0 unspecified atom stereocenters. The van der Waals surface area contributed by atoms with E-state index in [9.17, 15) is 19.5 Å². The topological polar surface area (TPSA) is 111 Å². The molecule has 3 atom stereocenters. The van der Waals surface area contributed by atoms with Crippen molar-refractivity contribution in [2.24, 2.45) is 5.92 Å². The van der Waals surface area contributed by atoms with E-state index in [-0.39, 0.29) is 30.1 Å². The number of hydrogen-bond donors (Lipinski definition) is 2. The van der Waals surface area contributed by atoms with Gasteiger partial charge in [-0.2, -0.15) is 0 Å². The number of alkyl carbamates (subject to hydrolysis) is 1. The van der Waals surface area contributed by atoms with E-state index in [4.69, 9.17) is 14.2 Å². The smallest absolute Gasteiger partial charge is 0.411 e. The molecule has 2 aromatic carbocycles. The second-order valence-electron chi connectivity index (χ2n) is 9.90. The molecule has 1 amide bonds. The molecular weight excluding hydrogens is 510 g/mol. The number of aromatic hydroxyl groups is 1. The fourth-order valence-electron chi connectivity index (χ4n) is 4.41. The van der Waals surface area contributed by atoms with Crippen molar-refractivity contribution >= 4 is 18.0 Å². The van der Waals surface area contributed by atoms with Crippen LogP contribution in [0.3, 0.4) is 0 Å². The molecule has 0 bridgehead atoms. The van der Waals surface area contributed by atoms with Gasteiger partial charge in [-0.1, -0.05) is 75.2 Å². The largest absolute Gasteiger partial charge is 0.507 e. The standard InChI is InChI=1S/C32H39NO7/c1-3-4-10-21-38-32(37)33-20-12-18-26-22-28(40-30(35)25-15-6-5-7-16-25)23(2)13-8-9-14-24-17-11-19-27(34)29(24)31(36)39-26/h5-9,11-12,15-17,19-20,23,26,28,34H,3-4,10,13-14,18,21-22H2,1-2H3,(H,33,37)/t23-,26-,28+/m0/s1. The van der Waals surface area contributed by atoms with Gasteiger partial charge in [-0.25, -0.2) is 14.4 Å². The van der Waals surface area contributed by atoms with Crippen LogP contribution < -0.4 is 5.32 Å². The highest BCUT2D eigenvalue weighted by molar-refractivity contribution is 5.94. The first-order chi connectivity index (χ1) is 19.4. The van der Waals surface area contributed by atoms with E-state index in [1.807, 2.05) is 25.1 Å². The number of benzene rings is 2. The van der Waals surface area contributed by atoms with Gasteiger partial charge in [0.05, 0.1) is 12.2 Å². The summed E-state index contributed by atoms with van der Waals surface area (Å²) >= 11 is 0. The number of amides is 1. The van der Waals surface area contributed by atoms with Crippen LogP contribution in [0.4, 0.5) is 4.79 Å². The lowest BCUT2D eigenvalue weighted by molar-refractivity contribution is -0.0129. The maximum atomic E-state index is 13.3. The molecule has 0 saturated carbocycles. The van der Waals surface area contributed by atoms with E-state index in [2.05, 4.69) is 12.2 Å². The third kappa shape index (κ3) is 9.59. The van der Waals surface area contributed by atoms with Crippen molar-refractivity contribution in [1.82, 2.24) is 5.32 Å². The lowest BCUT2D eigenvalue weighted by Gasteiger charge is -2.28. The van der Waals surface area contributed by atoms with Crippen molar-refractivity contribution in [2.75, 3.05) is 6.61 Å². The van der Waals surface area contributed by atoms with Crippen LogP contribution in [-0.2, 0) is 20.6 Å². The van der Waals surface area contributed by atoms with Crippen LogP contribution in [0.2, 0.25) is 0 Å². The summed E-state index contributed by atoms with van der Waals surface area (Å²) in [5.41, 5.74) is 1.20. The molecule has 1 heterocycles. The molecule has 0 spiro atoms. The van der Waals surface area contributed by atoms with Crippen LogP contribution >= 0.6 is 0 Å². The number of cyclic esters (lactones) is 1. The Kier molecular flexibility index (Phi) is 12.3. The average Bonchev–Trinajstić information content (AvgIpc) is 2.95. The minimum absolute atomic E-state index is 0.0617. The molecule has 1 aliphatic heterocycles. The number of fused-ring (bicyclic) bond motifs is 1. The summed E-state index contributed by atoms with van der Waals surface area (Å²) in [6.45, 7) is 4.41. The van der Waals surface area contributed by atoms with E-state index in [1.54, 1.807) is 42.5 Å². The number of nitrogens with one attached hydrogen (secondary N) is 1. The molecule has 0 saturated heterocycles. The highest BCUT2D eigenvalue weighted by Crippen LogP contribution is 2.28. The minimum atomic E-state index is -0.696. The number of rotatable bonds is 9. The number of unbranched alkanes of at least 4 members (excludes halogenated alkanes) is 2. The van der Waals surface area contributed by atoms with Gasteiger partial charge < -0.3 is 19.3 Å². The van der Waals surface area contributed by atoms with Gasteiger partial charge in [-0.3, -0.25) is 5.32 Å². The van der Waals surface area contributed by atoms with Gasteiger partial charge in [-0.05, 0) is 48.9 Å². The number of esters is 2. The summed E-state index contributed by atoms with van der Waals surface area (Å²) in [7, 11) is 0. The molecule has 1 aliphatic rings. The fourth-order valence-corrected chi connectivity index (χ4v) is 4.41. The van der Waals surface area contributed by atoms with Gasteiger partial charge in [0.2, 0.25) is 0 Å². The number of ether oxygens (including phenoxy) is 3. The van der Waals surface area contributed by atoms with Gasteiger partial charge in [0.25, 0.3) is 0 Å². The Labute approximate surface area is 236 Å². The van der Waals surface area contributed by atoms with Crippen LogP contribution in [0, 0.1) is 5.92 Å². The normalized spacial score (nSPS) is 19.6. The number of phenols is 1. The second-order valence-corrected chi connectivity index (χ2v) is 9.90. The zero-order valence-electron chi connectivity index (χ0n) is 23.2. The lowest BCUT2D eigenvalue weighted by Crippen LogP contribution is -2.32. The van der Waals surface area contributed by atoms with Gasteiger partial charge in [-0.15, -0.1) is 0 Å². The van der Waals surface area contributed by atoms with Crippen molar-refractivity contribution < 1.29 is 33.7 Å². The summed E-state index contributed by atoms with van der Waals surface area (Å²) in [6.07, 6.45) is 9.63. The van der Waals surface area contributed by atoms with Gasteiger partial charge in [0.15, 0.2) is 0 Å². The van der Waals surface area contributed by atoms with Crippen molar-refractivity contribution in [3.63, 3.8) is 0 Å². The van der Waals surface area contributed by atoms with Crippen molar-refractivity contribution in [3.05, 3.63) is 89.6 Å². The van der Waals surface area contributed by atoms with Crippen molar-refractivity contribution in [1.29, 1.82) is 0 Å². The molecule has 0 fully saturated rings. The Morgan fingerprint density at radius 3 is 2.67 bits per heavy atom. The molecular formula is C32H39NO7. The van der Waals surface area contributed by atoms with E-state index < -0.39 is 30.2 Å². The molecule has 40 heavy (non-hydrogen) atoms. The minimum Gasteiger partial charge on any atom is -0.507 e. The van der Waals surface area contributed by atoms with Crippen LogP contribution in [0.25, 0.3) is 0 Å². The second kappa shape index (κ2) is 16.1. The Morgan fingerprint density at radius 2 is 1.90 bits per heavy atom. The van der Waals surface area contributed by atoms with Crippen molar-refractivity contribution in [3.8, 4) is 5.75 Å². The predicted molar refractivity (Wildman–Crippen MR) is 152 cm³/mol. The summed E-state index contributed by atoms with van der Waals surface area (Å²) in [4.78, 5) is 38.1. The molecule has 0 aliphatic carbocycles. The van der Waals surface area contributed by atoms with Crippen LogP contribution in [0.1, 0.15) is 78.7 Å². The quantitative estimate of drug-likeness (QED) is 0.159. The third-order valence-corrected chi connectivity index (χ3v) is 6.72. The highest BCUT2D eigenvalue weighted by atomic mass is 16.6. The van der Waals surface area contributed by atoms with Crippen LogP contribution in [0.5, 0.6) is 5.75 Å². The Morgan fingerprint density at radius 1 is 1.10 bits per heavy atom. The maximum Gasteiger partial charge on any atom is 0.411 e. The first kappa shape index (κ1) is 30.5. The molecule has 8 heteroatoms. The Balaban J connectivity index is 1.78. The fraction of sp³-hybridized carbons (Fsp3) is 0.406. The molecule has 2 N–H and O–H groups in total. The SMILES string of the molecule is CCCCCOC(=O)NC=CC[C@H]1C[C@@H](OC(=O)c2ccccc2)[C@@H](C)CC=CCc2cccc(O)c2C(=O)O1. The molecule has 0 aromatic heterocycles. The predicted octanol–water partition coefficient (Wildman–Crippen LogP) is 6.49. The third-order valence-electron chi connectivity index (χ3n) is 6.72. The molecule has 214 valence electrons. The maximum absolute atomic E-state index is 13.3. The van der Waals surface area contributed by atoms with E-state index >= 15 is 0 Å². The highest BCUT2D eigenvalue weighted by Gasteiger charge is 2.29. The zero-order valence-corrected chi connectivity index (χ0v) is 23.2. The first-order valence-corrected chi connectivity index (χ1v) is 13.9. The average molecular weight is 550 g/mol. The first-order valence-electron chi connectivity index (χ1n) is 13.9. The van der Waals surface area contributed by atoms with E-state index in [0.717, 1.165) is 19.3 Å². The molecule has 2 aromatic rings. The van der Waals surface area contributed by atoms with E-state index in [1.165, 1.54) is 12.3 Å². The molecule has 0 radical (unpaired) electrons. The summed E-state index contributed by atoms with van der Waals surface area (Å²) in [5.74, 6) is -1.34. The lowest BCUT2D eigenvalue weighted by atomic mass is 9.93. The van der Waals surface area contributed by atoms with Crippen LogP contribution in [0.15, 0.2) is 73.0 Å². The van der Waals surface area contributed by atoms with Crippen LogP contribution in [-0.4, -0.2) is 42.0 Å². The number of carbonyl (C=O) groups excluding carboxylic acids is 3. The zero-order chi connectivity index (χ0) is 28.7. The Hall–Kier alpha value is -4.07. The summed E-state index contributed by atoms with van der Waals surface area (Å²) in [5, 5.41) is 13.0. The summed E-state index contributed by atoms with van der Waals surface area (Å²) < 4.78 is 17.0. The Bertz CT molecular complexity index is 1180. The molecule has 8 nitrogen and oxygen atoms in total. The van der Waals surface area contributed by atoms with Gasteiger partial charge in [0.1, 0.15) is 23.5 Å². The number of carbonyl (C=O) groups is 3.